The van der Waals surface area contributed by atoms with Crippen molar-refractivity contribution in [3.8, 4) is 23.1 Å². The number of methoxy groups -OCH3 is 1. The molecule has 1 aromatic carbocycles. The molecule has 2 rings (SSSR count). The maximum Gasteiger partial charge on any atom is 0.163 e. The normalized spacial score (nSPS) is 9.60. The molecule has 0 radical (unpaired) electrons. The molecule has 0 aliphatic heterocycles. The molecule has 1 N–H and O–H groups in total. The molecule has 74 valence electrons. The van der Waals surface area contributed by atoms with Crippen LogP contribution in [0.5, 0.6) is 5.75 Å². The van der Waals surface area contributed by atoms with Gasteiger partial charge >= 0.3 is 0 Å². The van der Waals surface area contributed by atoms with E-state index in [2.05, 4.69) is 15.4 Å². The molecule has 2 aromatic rings. The molecule has 0 aliphatic rings. The summed E-state index contributed by atoms with van der Waals surface area (Å²) in [4.78, 5) is 0. The minimum absolute atomic E-state index is 0.361. The van der Waals surface area contributed by atoms with Crippen LogP contribution in [0.2, 0.25) is 0 Å². The van der Waals surface area contributed by atoms with Gasteiger partial charge in [-0.15, -0.1) is 5.10 Å². The van der Waals surface area contributed by atoms with Crippen LogP contribution >= 0.6 is 0 Å². The molecular weight excluding hydrogens is 192 g/mol. The van der Waals surface area contributed by atoms with Gasteiger partial charge in [0.25, 0.3) is 0 Å². The molecule has 0 unspecified atom stereocenters. The predicted molar refractivity (Wildman–Crippen MR) is 53.1 cm³/mol. The Morgan fingerprint density at radius 1 is 1.33 bits per heavy atom. The number of aromatic amines is 1. The summed E-state index contributed by atoms with van der Waals surface area (Å²) in [6.07, 6.45) is 0. The summed E-state index contributed by atoms with van der Waals surface area (Å²) in [5.41, 5.74) is 1.75. The number of nitrogens with zero attached hydrogens (tertiary/aromatic N) is 3. The molecular formula is C10H8N4O. The first kappa shape index (κ1) is 9.21. The van der Waals surface area contributed by atoms with E-state index in [-0.39, 0.29) is 0 Å². The topological polar surface area (TPSA) is 74.6 Å². The van der Waals surface area contributed by atoms with Gasteiger partial charge in [-0.1, -0.05) is 5.21 Å². The van der Waals surface area contributed by atoms with Crippen LogP contribution in [0.4, 0.5) is 0 Å². The Balaban J connectivity index is 2.42. The third-order valence-corrected chi connectivity index (χ3v) is 2.02. The number of benzene rings is 1. The lowest BCUT2D eigenvalue weighted by Gasteiger charge is -2.00. The number of nitriles is 1. The minimum atomic E-state index is 0.361. The van der Waals surface area contributed by atoms with E-state index >= 15 is 0 Å². The maximum atomic E-state index is 8.78. The van der Waals surface area contributed by atoms with Crippen LogP contribution in [0.15, 0.2) is 24.3 Å². The summed E-state index contributed by atoms with van der Waals surface area (Å²) >= 11 is 0. The van der Waals surface area contributed by atoms with Crippen LogP contribution in [-0.4, -0.2) is 22.5 Å². The van der Waals surface area contributed by atoms with E-state index in [1.54, 1.807) is 7.11 Å². The van der Waals surface area contributed by atoms with Crippen molar-refractivity contribution >= 4 is 0 Å². The fourth-order valence-electron chi connectivity index (χ4n) is 1.26. The van der Waals surface area contributed by atoms with Crippen LogP contribution in [0.3, 0.4) is 0 Å². The van der Waals surface area contributed by atoms with Gasteiger partial charge in [0, 0.05) is 5.56 Å². The fourth-order valence-corrected chi connectivity index (χ4v) is 1.26. The van der Waals surface area contributed by atoms with Gasteiger partial charge in [-0.2, -0.15) is 5.26 Å². The van der Waals surface area contributed by atoms with Gasteiger partial charge in [0.1, 0.15) is 17.5 Å². The Bertz CT molecular complexity index is 495. The highest BCUT2D eigenvalue weighted by molar-refractivity contribution is 5.64. The summed E-state index contributed by atoms with van der Waals surface area (Å²) in [5, 5.41) is 18.7. The monoisotopic (exact) mass is 200 g/mol. The Morgan fingerprint density at radius 2 is 2.07 bits per heavy atom. The molecule has 1 heterocycles. The van der Waals surface area contributed by atoms with Crippen molar-refractivity contribution in [2.24, 2.45) is 0 Å². The van der Waals surface area contributed by atoms with Gasteiger partial charge in [0.2, 0.25) is 0 Å². The van der Waals surface area contributed by atoms with Gasteiger partial charge in [-0.25, -0.2) is 5.10 Å². The Labute approximate surface area is 86.3 Å². The second-order valence-corrected chi connectivity index (χ2v) is 2.88. The molecule has 5 heteroatoms. The first-order valence-electron chi connectivity index (χ1n) is 4.30. The van der Waals surface area contributed by atoms with E-state index < -0.39 is 0 Å². The second kappa shape index (κ2) is 3.80. The maximum absolute atomic E-state index is 8.78. The van der Waals surface area contributed by atoms with Crippen LogP contribution in [0.25, 0.3) is 11.3 Å². The first-order valence-corrected chi connectivity index (χ1v) is 4.30. The molecule has 0 fully saturated rings. The van der Waals surface area contributed by atoms with Crippen molar-refractivity contribution in [2.45, 2.75) is 0 Å². The number of hydrogen-bond donors (Lipinski definition) is 1. The second-order valence-electron chi connectivity index (χ2n) is 2.88. The molecule has 0 spiro atoms. The van der Waals surface area contributed by atoms with Crippen LogP contribution in [-0.2, 0) is 0 Å². The van der Waals surface area contributed by atoms with E-state index in [9.17, 15) is 0 Å². The van der Waals surface area contributed by atoms with Gasteiger partial charge in [0.05, 0.1) is 7.11 Å². The summed E-state index contributed by atoms with van der Waals surface area (Å²) in [6, 6.07) is 9.27. The number of ether oxygens (including phenoxy) is 1. The van der Waals surface area contributed by atoms with Crippen molar-refractivity contribution < 1.29 is 4.74 Å². The van der Waals surface area contributed by atoms with E-state index in [0.29, 0.717) is 11.4 Å². The Hall–Kier alpha value is -2.35. The van der Waals surface area contributed by atoms with Crippen molar-refractivity contribution in [1.29, 1.82) is 5.26 Å². The minimum Gasteiger partial charge on any atom is -0.497 e. The average molecular weight is 200 g/mol. The van der Waals surface area contributed by atoms with E-state index in [1.807, 2.05) is 30.3 Å². The highest BCUT2D eigenvalue weighted by Gasteiger charge is 2.08. The molecule has 0 aliphatic carbocycles. The lowest BCUT2D eigenvalue weighted by molar-refractivity contribution is 0.415. The molecule has 15 heavy (non-hydrogen) atoms. The summed E-state index contributed by atoms with van der Waals surface area (Å²) in [7, 11) is 1.60. The number of nitrogens with one attached hydrogen (secondary N) is 1. The molecule has 0 amide bonds. The largest absolute Gasteiger partial charge is 0.497 e. The third-order valence-electron chi connectivity index (χ3n) is 2.02. The summed E-state index contributed by atoms with van der Waals surface area (Å²) in [5.74, 6) is 0.765. The van der Waals surface area contributed by atoms with Crippen LogP contribution in [0.1, 0.15) is 5.69 Å². The molecule has 0 atom stereocenters. The molecule has 1 aromatic heterocycles. The number of aromatic nitrogens is 3. The number of H-pyrrole nitrogens is 1. The lowest BCUT2D eigenvalue weighted by Crippen LogP contribution is -1.85. The zero-order valence-electron chi connectivity index (χ0n) is 8.06. The van der Waals surface area contributed by atoms with Crippen LogP contribution < -0.4 is 4.74 Å². The Kier molecular flexibility index (Phi) is 2.33. The van der Waals surface area contributed by atoms with Crippen molar-refractivity contribution in [3.63, 3.8) is 0 Å². The molecule has 0 saturated carbocycles. The van der Waals surface area contributed by atoms with Gasteiger partial charge in [-0.3, -0.25) is 0 Å². The smallest absolute Gasteiger partial charge is 0.163 e. The predicted octanol–water partition coefficient (Wildman–Crippen LogP) is 1.35. The quantitative estimate of drug-likeness (QED) is 0.794. The van der Waals surface area contributed by atoms with E-state index in [1.165, 1.54) is 0 Å². The van der Waals surface area contributed by atoms with Gasteiger partial charge in [-0.05, 0) is 24.3 Å². The molecule has 0 saturated heterocycles. The highest BCUT2D eigenvalue weighted by Crippen LogP contribution is 2.21. The standard InChI is InChI=1S/C10H8N4O/c1-15-8-4-2-7(3-5-8)10-9(6-11)12-14-13-10/h2-5H,1H3,(H,12,13,14). The highest BCUT2D eigenvalue weighted by atomic mass is 16.5. The van der Waals surface area contributed by atoms with Crippen LogP contribution in [0, 0.1) is 11.3 Å². The van der Waals surface area contributed by atoms with Crippen molar-refractivity contribution in [3.05, 3.63) is 30.0 Å². The zero-order chi connectivity index (χ0) is 10.7. The number of rotatable bonds is 2. The zero-order valence-corrected chi connectivity index (χ0v) is 8.06. The molecule has 5 nitrogen and oxygen atoms in total. The SMILES string of the molecule is COc1ccc(-c2nn[nH]c2C#N)cc1. The third kappa shape index (κ3) is 1.65. The first-order chi connectivity index (χ1) is 7.35. The van der Waals surface area contributed by atoms with E-state index in [4.69, 9.17) is 10.00 Å². The van der Waals surface area contributed by atoms with Gasteiger partial charge in [0.15, 0.2) is 5.69 Å². The number of hydrogen-bond acceptors (Lipinski definition) is 4. The Morgan fingerprint density at radius 3 is 2.67 bits per heavy atom. The fraction of sp³-hybridized carbons (Fsp3) is 0.100. The summed E-state index contributed by atoms with van der Waals surface area (Å²) < 4.78 is 5.03. The van der Waals surface area contributed by atoms with Crippen molar-refractivity contribution in [1.82, 2.24) is 15.4 Å². The molecule has 0 bridgehead atoms. The average Bonchev–Trinajstić information content (AvgIpc) is 2.77. The van der Waals surface area contributed by atoms with Crippen molar-refractivity contribution in [2.75, 3.05) is 7.11 Å². The van der Waals surface area contributed by atoms with E-state index in [0.717, 1.165) is 11.3 Å². The summed E-state index contributed by atoms with van der Waals surface area (Å²) in [6.45, 7) is 0. The van der Waals surface area contributed by atoms with Gasteiger partial charge < -0.3 is 4.74 Å². The lowest BCUT2D eigenvalue weighted by atomic mass is 10.1.